The molecule has 0 spiro atoms. The third-order valence-corrected chi connectivity index (χ3v) is 11.0. The normalized spacial score (nSPS) is 14.6. The van der Waals surface area contributed by atoms with Crippen LogP contribution in [-0.4, -0.2) is 85.3 Å². The third kappa shape index (κ3) is 8.69. The number of hydrogen-bond acceptors (Lipinski definition) is 12. The van der Waals surface area contributed by atoms with Gasteiger partial charge >= 0.3 is 29.8 Å². The quantitative estimate of drug-likeness (QED) is 0.154. The van der Waals surface area contributed by atoms with E-state index in [-0.39, 0.29) is 56.8 Å². The van der Waals surface area contributed by atoms with Crippen molar-refractivity contribution in [1.82, 2.24) is 19.9 Å². The van der Waals surface area contributed by atoms with Gasteiger partial charge in [-0.25, -0.2) is 4.98 Å². The van der Waals surface area contributed by atoms with Gasteiger partial charge in [-0.05, 0) is 90.8 Å². The van der Waals surface area contributed by atoms with Gasteiger partial charge in [0.1, 0.15) is 0 Å². The van der Waals surface area contributed by atoms with E-state index in [0.29, 0.717) is 62.1 Å². The monoisotopic (exact) mass is 770 g/mol. The molecule has 2 N–H and O–H groups in total. The summed E-state index contributed by atoms with van der Waals surface area (Å²) in [6.07, 6.45) is 0.856. The molecule has 0 saturated heterocycles. The van der Waals surface area contributed by atoms with Crippen LogP contribution in [0.4, 0.5) is 0 Å². The van der Waals surface area contributed by atoms with Crippen molar-refractivity contribution >= 4 is 63.1 Å². The number of ether oxygens (including phenoxy) is 5. The lowest BCUT2D eigenvalue weighted by Gasteiger charge is -2.27. The Morgan fingerprint density at radius 2 is 1.00 bits per heavy atom. The molecule has 3 aromatic rings. The van der Waals surface area contributed by atoms with Gasteiger partial charge in [-0.1, -0.05) is 13.8 Å². The second kappa shape index (κ2) is 17.3. The van der Waals surface area contributed by atoms with E-state index in [1.807, 2.05) is 38.1 Å². The Bertz CT molecular complexity index is 2260. The van der Waals surface area contributed by atoms with E-state index in [1.165, 1.54) is 35.5 Å². The minimum Gasteiger partial charge on any atom is -0.469 e. The number of aromatic nitrogens is 4. The first-order valence-corrected chi connectivity index (χ1v) is 18.5. The number of aryl methyl sites for hydroxylation is 2. The Hall–Kier alpha value is -5.79. The Morgan fingerprint density at radius 3 is 1.48 bits per heavy atom. The van der Waals surface area contributed by atoms with Gasteiger partial charge in [-0.15, -0.1) is 0 Å². The zero-order valence-corrected chi connectivity index (χ0v) is 33.5. The van der Waals surface area contributed by atoms with E-state index in [4.69, 9.17) is 33.7 Å². The highest BCUT2D eigenvalue weighted by Gasteiger charge is 2.40. The molecule has 1 atom stereocenters. The molecule has 0 radical (unpaired) electrons. The van der Waals surface area contributed by atoms with Gasteiger partial charge in [0.25, 0.3) is 0 Å². The molecule has 56 heavy (non-hydrogen) atoms. The number of nitrogens with zero attached hydrogens (tertiary/aromatic N) is 2. The van der Waals surface area contributed by atoms with Crippen LogP contribution in [0.25, 0.3) is 33.2 Å². The van der Waals surface area contributed by atoms with Crippen molar-refractivity contribution in [3.63, 3.8) is 0 Å². The van der Waals surface area contributed by atoms with Gasteiger partial charge in [-0.2, -0.15) is 0 Å². The fraction of sp³-hybridized carbons (Fsp3) is 0.452. The average molecular weight is 771 g/mol. The predicted octanol–water partition coefficient (Wildman–Crippen LogP) is 5.92. The molecule has 14 nitrogen and oxygen atoms in total. The standard InChI is InChI=1S/C42H50N4O10/c1-22-23(2)30-21-36-42(3,4)28(12-15-39(49)54-7)35(46-36)20-34-27(17-41(51)56-9)25(11-14-38(48)53-6)32(45-34)19-31-24(10-13-37(47)52-5)26(16-40(50)55-8)33(44-31)18-29(22)43-30/h18-21,28,44-45H,10-17H2,1-9H3. The number of carbonyl (C=O) groups excluding carboxylic acids is 5. The summed E-state index contributed by atoms with van der Waals surface area (Å²) in [5.41, 5.74) is 9.06. The van der Waals surface area contributed by atoms with Crippen LogP contribution in [0.15, 0.2) is 24.3 Å². The number of aromatic amines is 2. The van der Waals surface area contributed by atoms with Crippen LogP contribution in [-0.2, 0) is 78.8 Å². The van der Waals surface area contributed by atoms with Gasteiger partial charge < -0.3 is 33.7 Å². The molecular weight excluding hydrogens is 720 g/mol. The summed E-state index contributed by atoms with van der Waals surface area (Å²) < 4.78 is 25.2. The van der Waals surface area contributed by atoms with Crippen LogP contribution in [0.3, 0.4) is 0 Å². The fourth-order valence-electron chi connectivity index (χ4n) is 7.46. The molecule has 5 heterocycles. The first-order valence-electron chi connectivity index (χ1n) is 18.5. The van der Waals surface area contributed by atoms with Crippen molar-refractivity contribution in [2.75, 3.05) is 35.5 Å². The molecule has 0 amide bonds. The van der Waals surface area contributed by atoms with Crippen LogP contribution in [0.5, 0.6) is 0 Å². The summed E-state index contributed by atoms with van der Waals surface area (Å²) in [5.74, 6) is -2.41. The van der Waals surface area contributed by atoms with Crippen LogP contribution in [0.1, 0.15) is 104 Å². The summed E-state index contributed by atoms with van der Waals surface area (Å²) in [4.78, 5) is 80.7. The summed E-state index contributed by atoms with van der Waals surface area (Å²) in [5, 5.41) is 0. The zero-order valence-electron chi connectivity index (χ0n) is 33.5. The lowest BCUT2D eigenvalue weighted by Crippen LogP contribution is -2.23. The molecule has 0 fully saturated rings. The fourth-order valence-corrected chi connectivity index (χ4v) is 7.46. The first-order chi connectivity index (χ1) is 26.6. The van der Waals surface area contributed by atoms with E-state index in [2.05, 4.69) is 23.8 Å². The van der Waals surface area contributed by atoms with Crippen molar-refractivity contribution in [2.45, 2.75) is 90.4 Å². The van der Waals surface area contributed by atoms with Crippen LogP contribution >= 0.6 is 0 Å². The van der Waals surface area contributed by atoms with E-state index >= 15 is 0 Å². The van der Waals surface area contributed by atoms with Crippen LogP contribution < -0.4 is 0 Å². The lowest BCUT2D eigenvalue weighted by molar-refractivity contribution is -0.141. The maximum atomic E-state index is 13.0. The van der Waals surface area contributed by atoms with Gasteiger partial charge in [-0.3, -0.25) is 29.0 Å². The first kappa shape index (κ1) is 41.4. The van der Waals surface area contributed by atoms with Crippen molar-refractivity contribution in [1.29, 1.82) is 0 Å². The second-order valence-electron chi connectivity index (χ2n) is 14.5. The minimum absolute atomic E-state index is 0.0152. The number of methoxy groups -OCH3 is 5. The maximum Gasteiger partial charge on any atom is 0.310 e. The highest BCUT2D eigenvalue weighted by atomic mass is 16.5. The number of rotatable bonds is 13. The van der Waals surface area contributed by atoms with Crippen molar-refractivity contribution in [3.8, 4) is 0 Å². The van der Waals surface area contributed by atoms with Gasteiger partial charge in [0.05, 0.1) is 59.8 Å². The Balaban J connectivity index is 1.99. The summed E-state index contributed by atoms with van der Waals surface area (Å²) >= 11 is 0. The number of esters is 5. The third-order valence-electron chi connectivity index (χ3n) is 11.0. The molecule has 298 valence electrons. The molecule has 8 bridgehead atoms. The van der Waals surface area contributed by atoms with E-state index in [9.17, 15) is 24.0 Å². The number of carbonyl (C=O) groups is 5. The van der Waals surface area contributed by atoms with Crippen molar-refractivity contribution in [2.24, 2.45) is 0 Å². The van der Waals surface area contributed by atoms with E-state index < -0.39 is 29.3 Å². The predicted molar refractivity (Wildman–Crippen MR) is 208 cm³/mol. The molecule has 0 aromatic carbocycles. The largest absolute Gasteiger partial charge is 0.469 e. The Labute approximate surface area is 325 Å². The topological polar surface area (TPSA) is 189 Å². The lowest BCUT2D eigenvalue weighted by atomic mass is 9.74. The highest BCUT2D eigenvalue weighted by molar-refractivity contribution is 5.92. The van der Waals surface area contributed by atoms with Crippen LogP contribution in [0, 0.1) is 0 Å². The minimum atomic E-state index is -0.551. The molecule has 3 aromatic heterocycles. The molecule has 1 unspecified atom stereocenters. The Morgan fingerprint density at radius 1 is 0.571 bits per heavy atom. The summed E-state index contributed by atoms with van der Waals surface area (Å²) in [6.45, 7) is 8.14. The second-order valence-corrected chi connectivity index (χ2v) is 14.5. The molecule has 0 saturated carbocycles. The van der Waals surface area contributed by atoms with Gasteiger partial charge in [0, 0.05) is 64.1 Å². The smallest absolute Gasteiger partial charge is 0.310 e. The van der Waals surface area contributed by atoms with Crippen molar-refractivity contribution < 1.29 is 47.7 Å². The molecule has 0 aliphatic carbocycles. The number of H-pyrrole nitrogens is 2. The SMILES string of the molecule is COC(=O)CCc1c(CC(=O)OC)c2cc3nc(cc4nc(cc5[nH]c(cc1[nH]2)c(CCC(=O)OC)c5CC(=O)OC)C(CCC(=O)OC)C4(C)C)C(C)=C3C. The molecular formula is C42H50N4O10. The zero-order chi connectivity index (χ0) is 40.9. The van der Waals surface area contributed by atoms with E-state index in [1.54, 1.807) is 0 Å². The number of hydrogen-bond donors (Lipinski definition) is 2. The number of nitrogens with one attached hydrogen (secondary N) is 2. The molecule has 5 rings (SSSR count). The van der Waals surface area contributed by atoms with Gasteiger partial charge in [0.15, 0.2) is 0 Å². The van der Waals surface area contributed by atoms with Gasteiger partial charge in [0.2, 0.25) is 0 Å². The highest BCUT2D eigenvalue weighted by Crippen LogP contribution is 2.45. The average Bonchev–Trinajstić information content (AvgIpc) is 3.83. The summed E-state index contributed by atoms with van der Waals surface area (Å²) in [7, 11) is 6.62. The Kier molecular flexibility index (Phi) is 12.8. The molecule has 2 aliphatic heterocycles. The maximum absolute atomic E-state index is 13.0. The molecule has 2 aliphatic rings. The summed E-state index contributed by atoms with van der Waals surface area (Å²) in [6, 6.07) is 7.60. The van der Waals surface area contributed by atoms with Crippen LogP contribution in [0.2, 0.25) is 0 Å². The molecule has 14 heteroatoms. The number of allylic oxidation sites excluding steroid dienone is 2. The van der Waals surface area contributed by atoms with E-state index in [0.717, 1.165) is 22.5 Å². The van der Waals surface area contributed by atoms with Crippen molar-refractivity contribution in [3.05, 3.63) is 69.3 Å². The number of fused-ring (bicyclic) bond motifs is 8.